The van der Waals surface area contributed by atoms with E-state index >= 15 is 0 Å². The van der Waals surface area contributed by atoms with Crippen molar-refractivity contribution in [2.24, 2.45) is 5.73 Å². The van der Waals surface area contributed by atoms with Crippen molar-refractivity contribution >= 4 is 0 Å². The zero-order chi connectivity index (χ0) is 14.2. The van der Waals surface area contributed by atoms with Crippen LogP contribution in [0.5, 0.6) is 11.5 Å². The van der Waals surface area contributed by atoms with Gasteiger partial charge in [-0.05, 0) is 48.2 Å². The molecule has 1 unspecified atom stereocenters. The van der Waals surface area contributed by atoms with Gasteiger partial charge in [-0.1, -0.05) is 24.3 Å². The maximum absolute atomic E-state index is 6.02. The van der Waals surface area contributed by atoms with E-state index in [0.717, 1.165) is 24.1 Å². The van der Waals surface area contributed by atoms with E-state index in [0.29, 0.717) is 12.6 Å². The van der Waals surface area contributed by atoms with Gasteiger partial charge in [0.25, 0.3) is 0 Å². The maximum atomic E-state index is 6.02. The Kier molecular flexibility index (Phi) is 3.17. The van der Waals surface area contributed by atoms with Crippen molar-refractivity contribution in [2.45, 2.75) is 31.5 Å². The third-order valence-corrected chi connectivity index (χ3v) is 4.45. The summed E-state index contributed by atoms with van der Waals surface area (Å²) in [5.41, 5.74) is 8.77. The van der Waals surface area contributed by atoms with Crippen LogP contribution < -0.4 is 10.5 Å². The minimum absolute atomic E-state index is 0.354. The van der Waals surface area contributed by atoms with Gasteiger partial charge in [0.1, 0.15) is 11.5 Å². The summed E-state index contributed by atoms with van der Waals surface area (Å²) in [5, 5.41) is 0. The lowest BCUT2D eigenvalue weighted by molar-refractivity contribution is 0.209. The Morgan fingerprint density at radius 2 is 1.86 bits per heavy atom. The highest BCUT2D eigenvalue weighted by atomic mass is 16.5. The lowest BCUT2D eigenvalue weighted by Gasteiger charge is -2.23. The van der Waals surface area contributed by atoms with Crippen molar-refractivity contribution in [1.82, 2.24) is 4.90 Å². The Morgan fingerprint density at radius 3 is 2.57 bits per heavy atom. The van der Waals surface area contributed by atoms with Gasteiger partial charge in [-0.15, -0.1) is 0 Å². The topological polar surface area (TPSA) is 38.5 Å². The van der Waals surface area contributed by atoms with E-state index in [2.05, 4.69) is 23.1 Å². The van der Waals surface area contributed by atoms with E-state index in [4.69, 9.17) is 10.5 Å². The predicted molar refractivity (Wildman–Crippen MR) is 83.3 cm³/mol. The molecule has 1 atom stereocenters. The van der Waals surface area contributed by atoms with E-state index in [9.17, 15) is 0 Å². The molecular formula is C18H20N2O. The molecule has 0 radical (unpaired) electrons. The smallest absolute Gasteiger partial charge is 0.127 e. The van der Waals surface area contributed by atoms with Crippen molar-refractivity contribution in [3.05, 3.63) is 59.7 Å². The molecule has 2 N–H and O–H groups in total. The standard InChI is InChI=1S/C18H20N2O/c19-11-18-17-10-16(21-15-4-2-1-3-5-15)9-6-13(17)12-20(18)14-7-8-14/h1-6,9-10,14,18H,7-8,11-12,19H2. The Bertz CT molecular complexity index is 637. The molecule has 0 bridgehead atoms. The second kappa shape index (κ2) is 5.17. The SMILES string of the molecule is NCC1c2cc(Oc3ccccc3)ccc2CN1C1CC1. The number of benzene rings is 2. The van der Waals surface area contributed by atoms with Gasteiger partial charge in [-0.3, -0.25) is 4.90 Å². The van der Waals surface area contributed by atoms with E-state index in [-0.39, 0.29) is 0 Å². The first-order valence-corrected chi connectivity index (χ1v) is 7.66. The van der Waals surface area contributed by atoms with Crippen LogP contribution in [0, 0.1) is 0 Å². The largest absolute Gasteiger partial charge is 0.457 e. The summed E-state index contributed by atoms with van der Waals surface area (Å²) >= 11 is 0. The van der Waals surface area contributed by atoms with Crippen molar-refractivity contribution < 1.29 is 4.74 Å². The molecule has 1 saturated carbocycles. The molecule has 2 aromatic carbocycles. The average molecular weight is 280 g/mol. The van der Waals surface area contributed by atoms with Crippen LogP contribution in [0.2, 0.25) is 0 Å². The molecule has 4 rings (SSSR count). The van der Waals surface area contributed by atoms with Gasteiger partial charge in [0.15, 0.2) is 0 Å². The molecular weight excluding hydrogens is 260 g/mol. The lowest BCUT2D eigenvalue weighted by atomic mass is 10.0. The van der Waals surface area contributed by atoms with Gasteiger partial charge in [-0.2, -0.15) is 0 Å². The van der Waals surface area contributed by atoms with Gasteiger partial charge in [-0.25, -0.2) is 0 Å². The first-order chi connectivity index (χ1) is 10.3. The molecule has 1 aliphatic carbocycles. The minimum Gasteiger partial charge on any atom is -0.457 e. The van der Waals surface area contributed by atoms with Gasteiger partial charge in [0, 0.05) is 25.2 Å². The third kappa shape index (κ3) is 2.43. The summed E-state index contributed by atoms with van der Waals surface area (Å²) in [5.74, 6) is 1.77. The van der Waals surface area contributed by atoms with Crippen LogP contribution in [0.25, 0.3) is 0 Å². The Labute approximate surface area is 125 Å². The van der Waals surface area contributed by atoms with Crippen LogP contribution in [0.15, 0.2) is 48.5 Å². The summed E-state index contributed by atoms with van der Waals surface area (Å²) < 4.78 is 5.95. The number of hydrogen-bond acceptors (Lipinski definition) is 3. The Balaban J connectivity index is 1.61. The summed E-state index contributed by atoms with van der Waals surface area (Å²) in [6.07, 6.45) is 2.63. The predicted octanol–water partition coefficient (Wildman–Crippen LogP) is 3.46. The first kappa shape index (κ1) is 12.9. The molecule has 0 amide bonds. The number of nitrogens with two attached hydrogens (primary N) is 1. The first-order valence-electron chi connectivity index (χ1n) is 7.66. The quantitative estimate of drug-likeness (QED) is 0.932. The Morgan fingerprint density at radius 1 is 1.05 bits per heavy atom. The third-order valence-electron chi connectivity index (χ3n) is 4.45. The molecule has 21 heavy (non-hydrogen) atoms. The summed E-state index contributed by atoms with van der Waals surface area (Å²) in [6, 6.07) is 17.4. The molecule has 3 nitrogen and oxygen atoms in total. The minimum atomic E-state index is 0.354. The fourth-order valence-electron chi connectivity index (χ4n) is 3.25. The highest BCUT2D eigenvalue weighted by molar-refractivity contribution is 5.43. The van der Waals surface area contributed by atoms with Gasteiger partial charge >= 0.3 is 0 Å². The van der Waals surface area contributed by atoms with Crippen LogP contribution in [0.1, 0.15) is 30.0 Å². The highest BCUT2D eigenvalue weighted by Gasteiger charge is 2.39. The van der Waals surface area contributed by atoms with Crippen LogP contribution >= 0.6 is 0 Å². The summed E-state index contributed by atoms with van der Waals surface area (Å²) in [4.78, 5) is 2.55. The van der Waals surface area contributed by atoms with Crippen LogP contribution in [0.4, 0.5) is 0 Å². The van der Waals surface area contributed by atoms with E-state index in [1.54, 1.807) is 0 Å². The monoisotopic (exact) mass is 280 g/mol. The number of rotatable bonds is 4. The number of hydrogen-bond donors (Lipinski definition) is 1. The maximum Gasteiger partial charge on any atom is 0.127 e. The van der Waals surface area contributed by atoms with Gasteiger partial charge in [0.2, 0.25) is 0 Å². The Hall–Kier alpha value is -1.84. The second-order valence-electron chi connectivity index (χ2n) is 5.93. The molecule has 1 aliphatic heterocycles. The summed E-state index contributed by atoms with van der Waals surface area (Å²) in [6.45, 7) is 1.71. The number of fused-ring (bicyclic) bond motifs is 1. The molecule has 1 fully saturated rings. The number of ether oxygens (including phenoxy) is 1. The van der Waals surface area contributed by atoms with Gasteiger partial charge < -0.3 is 10.5 Å². The molecule has 2 aromatic rings. The van der Waals surface area contributed by atoms with E-state index in [1.807, 2.05) is 30.3 Å². The van der Waals surface area contributed by atoms with Crippen LogP contribution in [-0.2, 0) is 6.54 Å². The van der Waals surface area contributed by atoms with Crippen LogP contribution in [0.3, 0.4) is 0 Å². The molecule has 1 heterocycles. The van der Waals surface area contributed by atoms with Gasteiger partial charge in [0.05, 0.1) is 0 Å². The second-order valence-corrected chi connectivity index (χ2v) is 5.93. The molecule has 108 valence electrons. The average Bonchev–Trinajstić information content (AvgIpc) is 3.29. The molecule has 0 aromatic heterocycles. The zero-order valence-electron chi connectivity index (χ0n) is 12.0. The highest BCUT2D eigenvalue weighted by Crippen LogP contribution is 2.42. The molecule has 0 saturated heterocycles. The normalized spacial score (nSPS) is 21.3. The van der Waals surface area contributed by atoms with Crippen molar-refractivity contribution in [2.75, 3.05) is 6.54 Å². The summed E-state index contributed by atoms with van der Waals surface area (Å²) in [7, 11) is 0. The van der Waals surface area contributed by atoms with E-state index in [1.165, 1.54) is 24.0 Å². The van der Waals surface area contributed by atoms with Crippen molar-refractivity contribution in [3.8, 4) is 11.5 Å². The fourth-order valence-corrected chi connectivity index (χ4v) is 3.25. The molecule has 3 heteroatoms. The fraction of sp³-hybridized carbons (Fsp3) is 0.333. The van der Waals surface area contributed by atoms with Crippen LogP contribution in [-0.4, -0.2) is 17.5 Å². The number of para-hydroxylation sites is 1. The van der Waals surface area contributed by atoms with Crippen molar-refractivity contribution in [3.63, 3.8) is 0 Å². The molecule has 2 aliphatic rings. The number of nitrogens with zero attached hydrogens (tertiary/aromatic N) is 1. The van der Waals surface area contributed by atoms with E-state index < -0.39 is 0 Å². The molecule has 0 spiro atoms. The lowest BCUT2D eigenvalue weighted by Crippen LogP contribution is -2.29. The van der Waals surface area contributed by atoms with Crippen molar-refractivity contribution in [1.29, 1.82) is 0 Å². The zero-order valence-corrected chi connectivity index (χ0v) is 12.0.